The Balaban J connectivity index is 0.000000503. The molecular weight excluding hydrogens is 781 g/mol. The van der Waals surface area contributed by atoms with Crippen molar-refractivity contribution >= 4 is 41.7 Å². The van der Waals surface area contributed by atoms with Crippen LogP contribution in [0.5, 0.6) is 0 Å². The first-order valence-corrected chi connectivity index (χ1v) is 20.2. The maximum atomic E-state index is 8.88. The fourth-order valence-electron chi connectivity index (χ4n) is 4.63. The van der Waals surface area contributed by atoms with E-state index in [1.165, 1.54) is 44.8 Å². The van der Waals surface area contributed by atoms with E-state index in [1.54, 1.807) is 0 Å². The zero-order valence-electron chi connectivity index (χ0n) is 25.6. The van der Waals surface area contributed by atoms with Crippen molar-refractivity contribution in [3.63, 3.8) is 0 Å². The van der Waals surface area contributed by atoms with E-state index in [-0.39, 0.29) is 0 Å². The van der Waals surface area contributed by atoms with Gasteiger partial charge in [0.05, 0.1) is 5.56 Å². The standard InChI is InChI=1S/C33H31N3.H3O4P.H2O.3O.W/c1-35(2)27-18-14-24(15-19-27)33(25-16-20-28(21-17-25)36(3)4)31-22-23-32(30-13-9-8-12-29(30)31)34-26-10-6-5-7-11-26;1-5(2,3)4;;;;;/h5-23H,1-4H3;(H3,1,2,3,4);1H2;;;;/q;;;;;-1;+1. The summed E-state index contributed by atoms with van der Waals surface area (Å²) in [5.41, 5.74) is 11.8. The van der Waals surface area contributed by atoms with E-state index in [2.05, 4.69) is 152 Å². The first-order valence-electron chi connectivity index (χ1n) is 13.7. The number of benzene rings is 4. The van der Waals surface area contributed by atoms with Gasteiger partial charge in [-0.1, -0.05) is 60.7 Å². The normalized spacial score (nSPS) is 13.1. The molecule has 242 valence electrons. The molecule has 1 aliphatic rings. The Morgan fingerprint density at radius 1 is 0.674 bits per heavy atom. The maximum absolute atomic E-state index is 8.88. The molecule has 13 heteroatoms. The molecule has 4 aromatic rings. The Labute approximate surface area is 271 Å². The van der Waals surface area contributed by atoms with Gasteiger partial charge in [-0.15, -0.1) is 0 Å². The van der Waals surface area contributed by atoms with Gasteiger partial charge in [-0.2, -0.15) is 0 Å². The number of nitrogens with one attached hydrogen (secondary N) is 1. The van der Waals surface area contributed by atoms with Crippen LogP contribution in [0.2, 0.25) is 0 Å². The third-order valence-electron chi connectivity index (χ3n) is 6.59. The van der Waals surface area contributed by atoms with E-state index in [1.807, 2.05) is 6.07 Å². The zero-order chi connectivity index (χ0) is 34.1. The Bertz CT molecular complexity index is 1800. The molecule has 1 aliphatic carbocycles. The summed E-state index contributed by atoms with van der Waals surface area (Å²) >= 11 is -5.92. The predicted molar refractivity (Wildman–Crippen MR) is 172 cm³/mol. The number of rotatable bonds is 5. The van der Waals surface area contributed by atoms with Crippen molar-refractivity contribution in [2.75, 3.05) is 38.0 Å². The monoisotopic (exact) mass is 817 g/mol. The molecule has 0 amide bonds. The van der Waals surface area contributed by atoms with Crippen LogP contribution in [-0.4, -0.2) is 52.3 Å². The Hall–Kier alpha value is -4.05. The van der Waals surface area contributed by atoms with E-state index in [0.717, 1.165) is 11.4 Å². The second kappa shape index (κ2) is 16.0. The predicted octanol–water partition coefficient (Wildman–Crippen LogP) is 2.63. The van der Waals surface area contributed by atoms with Gasteiger partial charge in [0.25, 0.3) is 0 Å². The molecule has 0 unspecified atom stereocenters. The van der Waals surface area contributed by atoms with Gasteiger partial charge >= 0.3 is 38.9 Å². The van der Waals surface area contributed by atoms with Crippen LogP contribution in [0, 0.1) is 0 Å². The summed E-state index contributed by atoms with van der Waals surface area (Å²) in [4.78, 5) is 29.4. The number of fused-ring (bicyclic) bond motifs is 1. The Kier molecular flexibility index (Phi) is 12.7. The van der Waals surface area contributed by atoms with Crippen LogP contribution in [0.15, 0.2) is 115 Å². The molecule has 0 aliphatic heterocycles. The van der Waals surface area contributed by atoms with E-state index in [0.29, 0.717) is 0 Å². The molecule has 46 heavy (non-hydrogen) atoms. The fourth-order valence-corrected chi connectivity index (χ4v) is 4.63. The Morgan fingerprint density at radius 3 is 1.48 bits per heavy atom. The average Bonchev–Trinajstić information content (AvgIpc) is 2.98. The molecule has 11 nitrogen and oxygen atoms in total. The van der Waals surface area contributed by atoms with Gasteiger partial charge in [0.1, 0.15) is 0 Å². The van der Waals surface area contributed by atoms with Crippen LogP contribution in [-0.2, 0) is 28.1 Å². The van der Waals surface area contributed by atoms with E-state index in [4.69, 9.17) is 33.6 Å². The van der Waals surface area contributed by atoms with Crippen LogP contribution in [0.1, 0.15) is 22.3 Å². The molecule has 0 fully saturated rings. The molecule has 0 spiro atoms. The van der Waals surface area contributed by atoms with Gasteiger partial charge < -0.3 is 24.5 Å². The van der Waals surface area contributed by atoms with Crippen molar-refractivity contribution < 1.29 is 55.3 Å². The molecule has 0 heterocycles. The summed E-state index contributed by atoms with van der Waals surface area (Å²) in [6, 6.07) is 36.7. The third kappa shape index (κ3) is 11.7. The topological polar surface area (TPSA) is 176 Å². The van der Waals surface area contributed by atoms with E-state index >= 15 is 0 Å². The summed E-state index contributed by atoms with van der Waals surface area (Å²) in [7, 11) is 3.66. The second-order valence-corrected chi connectivity index (χ2v) is 14.5. The first-order chi connectivity index (χ1) is 21.5. The van der Waals surface area contributed by atoms with E-state index < -0.39 is 24.6 Å². The van der Waals surface area contributed by atoms with E-state index in [9.17, 15) is 0 Å². The van der Waals surface area contributed by atoms with Crippen LogP contribution in [0.25, 0.3) is 11.1 Å². The van der Waals surface area contributed by atoms with Crippen molar-refractivity contribution in [2.24, 2.45) is 0 Å². The van der Waals surface area contributed by atoms with Crippen LogP contribution in [0.4, 0.5) is 17.1 Å². The van der Waals surface area contributed by atoms with Gasteiger partial charge in [-0.3, -0.25) is 0 Å². The molecule has 0 bridgehead atoms. The zero-order valence-corrected chi connectivity index (χ0v) is 29.5. The summed E-state index contributed by atoms with van der Waals surface area (Å²) in [5, 5.41) is 0. The molecule has 0 saturated carbocycles. The molecule has 5 rings (SSSR count). The minimum atomic E-state index is -5.92. The fraction of sp³-hybridized carbons (Fsp3) is 0.121. The van der Waals surface area contributed by atoms with Crippen molar-refractivity contribution in [1.29, 1.82) is 0 Å². The molecule has 5 N–H and O–H groups in total. The number of nitrogens with zero attached hydrogens (tertiary/aromatic N) is 2. The quantitative estimate of drug-likeness (QED) is 0.189. The van der Waals surface area contributed by atoms with Crippen molar-refractivity contribution in [3.05, 3.63) is 138 Å². The molecule has 0 atom stereocenters. The van der Waals surface area contributed by atoms with Gasteiger partial charge in [-0.25, -0.2) is 9.56 Å². The SMILES string of the molecule is CN(C)c1ccc(C(=C2C=CC(=[NH+]c3ccccc3)c3ccccc32)c2ccc(N(C)C)cc2)cc1.O=P(O)(O)O.[O]=[W](=[O])([O-])[OH]. The molecular formula is C33H36N3O8PW. The number of anilines is 2. The van der Waals surface area contributed by atoms with Crippen molar-refractivity contribution in [1.82, 2.24) is 0 Å². The summed E-state index contributed by atoms with van der Waals surface area (Å²) in [5.74, 6) is 0. The summed E-state index contributed by atoms with van der Waals surface area (Å²) < 4.78 is 42.2. The summed E-state index contributed by atoms with van der Waals surface area (Å²) in [6.07, 6.45) is 4.45. The number of para-hydroxylation sites is 1. The Morgan fingerprint density at radius 2 is 1.07 bits per heavy atom. The van der Waals surface area contributed by atoms with Gasteiger partial charge in [0.15, 0.2) is 0 Å². The van der Waals surface area contributed by atoms with Gasteiger partial charge in [0, 0.05) is 57.8 Å². The van der Waals surface area contributed by atoms with Gasteiger partial charge in [0.2, 0.25) is 11.4 Å². The average molecular weight is 817 g/mol. The molecule has 0 radical (unpaired) electrons. The second-order valence-electron chi connectivity index (χ2n) is 10.4. The molecule has 0 aromatic heterocycles. The molecule has 0 saturated heterocycles. The van der Waals surface area contributed by atoms with Gasteiger partial charge in [-0.05, 0) is 64.2 Å². The molecule has 4 aromatic carbocycles. The number of hydrogen-bond donors (Lipinski definition) is 5. The van der Waals surface area contributed by atoms with Crippen LogP contribution < -0.4 is 18.6 Å². The summed E-state index contributed by atoms with van der Waals surface area (Å²) in [6.45, 7) is 0. The van der Waals surface area contributed by atoms with Crippen molar-refractivity contribution in [2.45, 2.75) is 0 Å². The number of allylic oxidation sites excluding steroid dienone is 3. The van der Waals surface area contributed by atoms with Crippen LogP contribution in [0.3, 0.4) is 0 Å². The first kappa shape index (κ1) is 36.4. The number of hydrogen-bond acceptors (Lipinski definition) is 6. The third-order valence-corrected chi connectivity index (χ3v) is 6.59. The number of phosphoric acid groups is 1. The van der Waals surface area contributed by atoms with Crippen molar-refractivity contribution in [3.8, 4) is 0 Å². The van der Waals surface area contributed by atoms with Crippen LogP contribution >= 0.6 is 7.82 Å². The minimum absolute atomic E-state index is 1.08.